The number of nitrogens with zero attached hydrogens (tertiary/aromatic N) is 2. The standard InChI is InChI=1S/C22H34N2O4S/c1-16-11-18(12-17(2)22(16)28-4)13-23(3)14-21(25)24(19-7-5-6-8-19)20-9-10-29(26,27)15-20/h11-12,19-20H,5-10,13-15H2,1-4H3. The second-order valence-electron chi connectivity index (χ2n) is 8.73. The topological polar surface area (TPSA) is 66.9 Å². The quantitative estimate of drug-likeness (QED) is 0.676. The lowest BCUT2D eigenvalue weighted by atomic mass is 10.1. The summed E-state index contributed by atoms with van der Waals surface area (Å²) < 4.78 is 29.4. The molecule has 1 saturated heterocycles. The summed E-state index contributed by atoms with van der Waals surface area (Å²) in [6.07, 6.45) is 4.79. The van der Waals surface area contributed by atoms with Crippen molar-refractivity contribution in [3.05, 3.63) is 28.8 Å². The van der Waals surface area contributed by atoms with Gasteiger partial charge in [-0.05, 0) is 56.8 Å². The molecular weight excluding hydrogens is 388 g/mol. The Morgan fingerprint density at radius 2 is 1.72 bits per heavy atom. The summed E-state index contributed by atoms with van der Waals surface area (Å²) in [6.45, 7) is 5.03. The van der Waals surface area contributed by atoms with Gasteiger partial charge in [0.1, 0.15) is 5.75 Å². The fourth-order valence-corrected chi connectivity index (χ4v) is 6.73. The highest BCUT2D eigenvalue weighted by Crippen LogP contribution is 2.29. The van der Waals surface area contributed by atoms with Crippen LogP contribution in [-0.2, 0) is 21.2 Å². The molecule has 3 rings (SSSR count). The van der Waals surface area contributed by atoms with Crippen LogP contribution in [0, 0.1) is 13.8 Å². The molecule has 1 saturated carbocycles. The minimum Gasteiger partial charge on any atom is -0.496 e. The molecule has 1 amide bonds. The lowest BCUT2D eigenvalue weighted by Gasteiger charge is -2.35. The van der Waals surface area contributed by atoms with Crippen molar-refractivity contribution in [3.8, 4) is 5.75 Å². The van der Waals surface area contributed by atoms with Gasteiger partial charge in [0.25, 0.3) is 0 Å². The molecule has 0 spiro atoms. The van der Waals surface area contributed by atoms with Crippen LogP contribution < -0.4 is 4.74 Å². The first-order valence-corrected chi connectivity index (χ1v) is 12.4. The summed E-state index contributed by atoms with van der Waals surface area (Å²) in [5.41, 5.74) is 3.32. The van der Waals surface area contributed by atoms with E-state index in [1.807, 2.05) is 30.7 Å². The number of ether oxygens (including phenoxy) is 1. The Kier molecular flexibility index (Phi) is 6.89. The summed E-state index contributed by atoms with van der Waals surface area (Å²) in [4.78, 5) is 17.2. The minimum atomic E-state index is -3.02. The van der Waals surface area contributed by atoms with Crippen molar-refractivity contribution in [1.82, 2.24) is 9.80 Å². The molecule has 1 atom stereocenters. The van der Waals surface area contributed by atoms with E-state index in [4.69, 9.17) is 4.74 Å². The highest BCUT2D eigenvalue weighted by atomic mass is 32.2. The number of amides is 1. The molecule has 1 aliphatic heterocycles. The van der Waals surface area contributed by atoms with Gasteiger partial charge in [-0.1, -0.05) is 25.0 Å². The van der Waals surface area contributed by atoms with Crippen LogP contribution in [0.4, 0.5) is 0 Å². The molecule has 0 N–H and O–H groups in total. The third-order valence-electron chi connectivity index (χ3n) is 6.19. The minimum absolute atomic E-state index is 0.0588. The first-order chi connectivity index (χ1) is 13.7. The molecule has 2 aliphatic rings. The number of methoxy groups -OCH3 is 1. The SMILES string of the molecule is COc1c(C)cc(CN(C)CC(=O)N(C2CCCC2)C2CCS(=O)(=O)C2)cc1C. The predicted molar refractivity (Wildman–Crippen MR) is 115 cm³/mol. The number of carbonyl (C=O) groups is 1. The largest absolute Gasteiger partial charge is 0.496 e. The van der Waals surface area contributed by atoms with E-state index < -0.39 is 9.84 Å². The van der Waals surface area contributed by atoms with Gasteiger partial charge in [0.2, 0.25) is 5.91 Å². The number of benzene rings is 1. The molecule has 1 aromatic carbocycles. The molecule has 162 valence electrons. The molecule has 0 aromatic heterocycles. The summed E-state index contributed by atoms with van der Waals surface area (Å²) in [5, 5.41) is 0. The van der Waals surface area contributed by atoms with E-state index in [0.29, 0.717) is 19.5 Å². The number of aryl methyl sites for hydroxylation is 2. The number of sulfone groups is 1. The number of hydrogen-bond acceptors (Lipinski definition) is 5. The molecule has 1 heterocycles. The number of rotatable bonds is 7. The van der Waals surface area contributed by atoms with Gasteiger partial charge in [-0.3, -0.25) is 9.69 Å². The van der Waals surface area contributed by atoms with Crippen LogP contribution in [0.25, 0.3) is 0 Å². The average molecular weight is 423 g/mol. The zero-order valence-corrected chi connectivity index (χ0v) is 18.9. The third-order valence-corrected chi connectivity index (χ3v) is 7.94. The predicted octanol–water partition coefficient (Wildman–Crippen LogP) is 2.70. The monoisotopic (exact) mass is 422 g/mol. The van der Waals surface area contributed by atoms with Gasteiger partial charge < -0.3 is 9.64 Å². The Morgan fingerprint density at radius 3 is 2.24 bits per heavy atom. The summed E-state index contributed by atoms with van der Waals surface area (Å²) in [5.74, 6) is 1.29. The first kappa shape index (κ1) is 22.1. The maximum absolute atomic E-state index is 13.2. The van der Waals surface area contributed by atoms with E-state index in [0.717, 1.165) is 48.1 Å². The van der Waals surface area contributed by atoms with Gasteiger partial charge in [-0.2, -0.15) is 0 Å². The Labute approximate surface area is 175 Å². The maximum atomic E-state index is 13.2. The van der Waals surface area contributed by atoms with Crippen LogP contribution in [0.3, 0.4) is 0 Å². The fourth-order valence-electron chi connectivity index (χ4n) is 5.02. The van der Waals surface area contributed by atoms with Crippen LogP contribution in [0.2, 0.25) is 0 Å². The second kappa shape index (κ2) is 9.04. The Balaban J connectivity index is 1.69. The molecule has 1 aliphatic carbocycles. The van der Waals surface area contributed by atoms with Crippen molar-refractivity contribution < 1.29 is 17.9 Å². The Bertz CT molecular complexity index is 823. The molecule has 6 nitrogen and oxygen atoms in total. The molecular formula is C22H34N2O4S. The zero-order chi connectivity index (χ0) is 21.2. The van der Waals surface area contributed by atoms with Gasteiger partial charge in [0, 0.05) is 18.6 Å². The maximum Gasteiger partial charge on any atom is 0.237 e. The van der Waals surface area contributed by atoms with Crippen LogP contribution in [-0.4, -0.2) is 68.4 Å². The molecule has 0 bridgehead atoms. The molecule has 0 radical (unpaired) electrons. The van der Waals surface area contributed by atoms with Gasteiger partial charge >= 0.3 is 0 Å². The summed E-state index contributed by atoms with van der Waals surface area (Å²) in [6, 6.07) is 4.24. The zero-order valence-electron chi connectivity index (χ0n) is 18.1. The first-order valence-electron chi connectivity index (χ1n) is 10.5. The van der Waals surface area contributed by atoms with Gasteiger partial charge in [-0.15, -0.1) is 0 Å². The van der Waals surface area contributed by atoms with Crippen molar-refractivity contribution in [1.29, 1.82) is 0 Å². The summed E-state index contributed by atoms with van der Waals surface area (Å²) in [7, 11) is 0.615. The van der Waals surface area contributed by atoms with E-state index in [1.165, 1.54) is 0 Å². The van der Waals surface area contributed by atoms with E-state index in [-0.39, 0.29) is 29.5 Å². The van der Waals surface area contributed by atoms with Crippen molar-refractivity contribution in [3.63, 3.8) is 0 Å². The van der Waals surface area contributed by atoms with Crippen LogP contribution in [0.15, 0.2) is 12.1 Å². The van der Waals surface area contributed by atoms with Gasteiger partial charge in [0.05, 0.1) is 25.2 Å². The number of hydrogen-bond donors (Lipinski definition) is 0. The highest BCUT2D eigenvalue weighted by molar-refractivity contribution is 7.91. The smallest absolute Gasteiger partial charge is 0.237 e. The van der Waals surface area contributed by atoms with Crippen LogP contribution >= 0.6 is 0 Å². The van der Waals surface area contributed by atoms with Crippen molar-refractivity contribution >= 4 is 15.7 Å². The fraction of sp³-hybridized carbons (Fsp3) is 0.682. The lowest BCUT2D eigenvalue weighted by Crippen LogP contribution is -2.50. The van der Waals surface area contributed by atoms with Gasteiger partial charge in [-0.25, -0.2) is 8.42 Å². The Hall–Kier alpha value is -1.60. The number of likely N-dealkylation sites (N-methyl/N-ethyl adjacent to an activating group) is 1. The molecule has 29 heavy (non-hydrogen) atoms. The number of carbonyl (C=O) groups excluding carboxylic acids is 1. The van der Waals surface area contributed by atoms with E-state index >= 15 is 0 Å². The lowest BCUT2D eigenvalue weighted by molar-refractivity contribution is -0.136. The van der Waals surface area contributed by atoms with Gasteiger partial charge in [0.15, 0.2) is 9.84 Å². The van der Waals surface area contributed by atoms with E-state index in [9.17, 15) is 13.2 Å². The Morgan fingerprint density at radius 1 is 1.10 bits per heavy atom. The van der Waals surface area contributed by atoms with E-state index in [1.54, 1.807) is 7.11 Å². The van der Waals surface area contributed by atoms with Crippen molar-refractivity contribution in [2.45, 2.75) is 64.6 Å². The molecule has 7 heteroatoms. The van der Waals surface area contributed by atoms with E-state index in [2.05, 4.69) is 12.1 Å². The normalized spacial score (nSPS) is 21.6. The second-order valence-corrected chi connectivity index (χ2v) is 11.0. The average Bonchev–Trinajstić information content (AvgIpc) is 3.25. The van der Waals surface area contributed by atoms with Crippen LogP contribution in [0.5, 0.6) is 5.75 Å². The molecule has 2 fully saturated rings. The molecule has 1 unspecified atom stereocenters. The van der Waals surface area contributed by atoms with Crippen molar-refractivity contribution in [2.75, 3.05) is 32.2 Å². The third kappa shape index (κ3) is 5.31. The van der Waals surface area contributed by atoms with Crippen molar-refractivity contribution in [2.24, 2.45) is 0 Å². The van der Waals surface area contributed by atoms with Crippen LogP contribution in [0.1, 0.15) is 48.8 Å². The summed E-state index contributed by atoms with van der Waals surface area (Å²) >= 11 is 0. The molecule has 1 aromatic rings. The highest BCUT2D eigenvalue weighted by Gasteiger charge is 2.39.